The molecular formula is C43H47N5O5S. The van der Waals surface area contributed by atoms with Gasteiger partial charge in [-0.15, -0.1) is 0 Å². The van der Waals surface area contributed by atoms with Crippen LogP contribution in [0.5, 0.6) is 0 Å². The van der Waals surface area contributed by atoms with E-state index < -0.39 is 6.29 Å². The summed E-state index contributed by atoms with van der Waals surface area (Å²) in [5.74, 6) is 0.634. The molecule has 0 bridgehead atoms. The second-order valence-corrected chi connectivity index (χ2v) is 14.3. The highest BCUT2D eigenvalue weighted by Crippen LogP contribution is 2.40. The Morgan fingerprint density at radius 1 is 0.759 bits per heavy atom. The van der Waals surface area contributed by atoms with Crippen LogP contribution in [0.3, 0.4) is 0 Å². The minimum atomic E-state index is -0.586. The van der Waals surface area contributed by atoms with Crippen molar-refractivity contribution in [2.24, 2.45) is 0 Å². The molecule has 1 aliphatic heterocycles. The van der Waals surface area contributed by atoms with Crippen molar-refractivity contribution in [1.82, 2.24) is 15.3 Å². The molecule has 6 rings (SSSR count). The number of nitrogens with one attached hydrogen (secondary N) is 2. The normalized spacial score (nSPS) is 16.8. The number of aromatic nitrogens is 2. The molecule has 5 aromatic rings. The van der Waals surface area contributed by atoms with E-state index in [0.29, 0.717) is 48.1 Å². The molecular weight excluding hydrogens is 699 g/mol. The number of carbonyl (C=O) groups excluding carboxylic acids is 2. The zero-order chi connectivity index (χ0) is 37.5. The number of aliphatic hydroxyl groups excluding tert-OH is 1. The van der Waals surface area contributed by atoms with E-state index in [1.807, 2.05) is 60.7 Å². The van der Waals surface area contributed by atoms with Crippen molar-refractivity contribution in [3.8, 4) is 11.1 Å². The highest BCUT2D eigenvalue weighted by atomic mass is 32.2. The second-order valence-electron chi connectivity index (χ2n) is 13.3. The van der Waals surface area contributed by atoms with E-state index in [0.717, 1.165) is 59.1 Å². The van der Waals surface area contributed by atoms with Crippen molar-refractivity contribution in [1.29, 1.82) is 0 Å². The number of nitrogens with zero attached hydrogens (tertiary/aromatic N) is 2. The molecule has 1 fully saturated rings. The Morgan fingerprint density at radius 3 is 2.24 bits per heavy atom. The molecule has 4 aromatic carbocycles. The van der Waals surface area contributed by atoms with Crippen LogP contribution in [0.15, 0.2) is 121 Å². The molecule has 2 heterocycles. The molecule has 54 heavy (non-hydrogen) atoms. The van der Waals surface area contributed by atoms with Gasteiger partial charge in [-0.25, -0.2) is 9.97 Å². The Morgan fingerprint density at radius 2 is 1.48 bits per heavy atom. The maximum absolute atomic E-state index is 12.6. The number of unbranched alkanes of at least 4 members (excludes halogenated alkanes) is 3. The predicted molar refractivity (Wildman–Crippen MR) is 212 cm³/mol. The van der Waals surface area contributed by atoms with E-state index in [9.17, 15) is 14.7 Å². The third-order valence-electron chi connectivity index (χ3n) is 9.26. The summed E-state index contributed by atoms with van der Waals surface area (Å²) >= 11 is 1.56. The van der Waals surface area contributed by atoms with E-state index in [1.165, 1.54) is 0 Å². The third-order valence-corrected chi connectivity index (χ3v) is 10.3. The fraction of sp³-hybridized carbons (Fsp3) is 0.302. The van der Waals surface area contributed by atoms with Gasteiger partial charge in [-0.05, 0) is 71.0 Å². The summed E-state index contributed by atoms with van der Waals surface area (Å²) in [5.41, 5.74) is 12.9. The quantitative estimate of drug-likeness (QED) is 0.0320. The van der Waals surface area contributed by atoms with Crippen molar-refractivity contribution in [2.45, 2.75) is 81.8 Å². The number of carbonyl (C=O) groups is 2. The molecule has 280 valence electrons. The fourth-order valence-electron chi connectivity index (χ4n) is 6.31. The number of benzene rings is 4. The molecule has 10 nitrogen and oxygen atoms in total. The van der Waals surface area contributed by atoms with Crippen molar-refractivity contribution in [3.63, 3.8) is 0 Å². The number of nitrogen functional groups attached to an aromatic ring is 1. The van der Waals surface area contributed by atoms with E-state index in [1.54, 1.807) is 42.4 Å². The number of aliphatic hydroxyl groups is 1. The van der Waals surface area contributed by atoms with Crippen LogP contribution in [0.1, 0.15) is 79.6 Å². The van der Waals surface area contributed by atoms with Gasteiger partial charge in [0.2, 0.25) is 11.8 Å². The summed E-state index contributed by atoms with van der Waals surface area (Å²) in [6.45, 7) is 0.427. The lowest BCUT2D eigenvalue weighted by atomic mass is 9.99. The van der Waals surface area contributed by atoms with Crippen LogP contribution in [0.4, 0.5) is 11.4 Å². The van der Waals surface area contributed by atoms with Crippen LogP contribution in [0, 0.1) is 0 Å². The standard InChI is InChI=1S/C43H47N5O5S/c44-37-14-5-6-15-38(37)48-41(51)17-4-2-1-3-16-40(50)47-27-31-10-7-11-33(24-31)34-12-8-13-35(25-34)42-52-36(29-54-43-45-22-9-23-46-43)26-39(53-42)32-20-18-30(28-49)19-21-32/h5-15,18-25,36,39,42,49H,1-4,16-17,26-29,44H2,(H,47,50)(H,48,51). The SMILES string of the molecule is Nc1ccccc1NC(=O)CCCCCCC(=O)NCc1cccc(-c2cccc(C3OC(CSc4ncccn4)CC(c4ccc(CO)cc4)O3)c2)c1. The highest BCUT2D eigenvalue weighted by molar-refractivity contribution is 7.99. The van der Waals surface area contributed by atoms with Gasteiger partial charge in [-0.3, -0.25) is 9.59 Å². The number of ether oxygens (including phenoxy) is 2. The van der Waals surface area contributed by atoms with Crippen LogP contribution in [0.2, 0.25) is 0 Å². The molecule has 1 aliphatic rings. The van der Waals surface area contributed by atoms with Crippen LogP contribution in [-0.4, -0.2) is 38.7 Å². The first-order valence-electron chi connectivity index (χ1n) is 18.4. The number of rotatable bonds is 17. The largest absolute Gasteiger partial charge is 0.397 e. The molecule has 5 N–H and O–H groups in total. The monoisotopic (exact) mass is 745 g/mol. The van der Waals surface area contributed by atoms with Gasteiger partial charge in [-0.2, -0.15) is 0 Å². The highest BCUT2D eigenvalue weighted by Gasteiger charge is 2.32. The fourth-order valence-corrected chi connectivity index (χ4v) is 7.13. The lowest BCUT2D eigenvalue weighted by molar-refractivity contribution is -0.245. The van der Waals surface area contributed by atoms with Crippen molar-refractivity contribution in [2.75, 3.05) is 16.8 Å². The summed E-state index contributed by atoms with van der Waals surface area (Å²) in [4.78, 5) is 33.6. The van der Waals surface area contributed by atoms with Gasteiger partial charge in [0.15, 0.2) is 11.4 Å². The molecule has 3 atom stereocenters. The number of hydrogen-bond acceptors (Lipinski definition) is 9. The van der Waals surface area contributed by atoms with E-state index in [2.05, 4.69) is 44.9 Å². The molecule has 0 saturated carbocycles. The summed E-state index contributed by atoms with van der Waals surface area (Å²) in [5, 5.41) is 16.2. The van der Waals surface area contributed by atoms with Gasteiger partial charge < -0.3 is 30.9 Å². The Kier molecular flexibility index (Phi) is 14.2. The van der Waals surface area contributed by atoms with E-state index in [4.69, 9.17) is 15.2 Å². The van der Waals surface area contributed by atoms with Crippen molar-refractivity contribution in [3.05, 3.63) is 138 Å². The van der Waals surface area contributed by atoms with Gasteiger partial charge in [-0.1, -0.05) is 97.4 Å². The Labute approximate surface area is 320 Å². The van der Waals surface area contributed by atoms with Crippen LogP contribution < -0.4 is 16.4 Å². The maximum atomic E-state index is 12.6. The summed E-state index contributed by atoms with van der Waals surface area (Å²) in [6, 6.07) is 33.3. The zero-order valence-electron chi connectivity index (χ0n) is 30.2. The summed E-state index contributed by atoms with van der Waals surface area (Å²) < 4.78 is 13.1. The van der Waals surface area contributed by atoms with E-state index >= 15 is 0 Å². The topological polar surface area (TPSA) is 149 Å². The number of nitrogens with two attached hydrogens (primary N) is 1. The lowest BCUT2D eigenvalue weighted by Crippen LogP contribution is -2.31. The number of thioether (sulfide) groups is 1. The molecule has 0 aliphatic carbocycles. The van der Waals surface area contributed by atoms with Gasteiger partial charge in [0.1, 0.15) is 0 Å². The predicted octanol–water partition coefficient (Wildman–Crippen LogP) is 8.15. The molecule has 3 unspecified atom stereocenters. The van der Waals surface area contributed by atoms with Crippen LogP contribution >= 0.6 is 11.8 Å². The number of anilines is 2. The first-order chi connectivity index (χ1) is 26.4. The van der Waals surface area contributed by atoms with Crippen LogP contribution in [-0.2, 0) is 32.2 Å². The minimum absolute atomic E-state index is 0.00873. The molecule has 2 amide bonds. The summed E-state index contributed by atoms with van der Waals surface area (Å²) in [6.07, 6.45) is 7.42. The Bertz CT molecular complexity index is 1960. The average Bonchev–Trinajstić information content (AvgIpc) is 3.22. The molecule has 1 saturated heterocycles. The van der Waals surface area contributed by atoms with Crippen molar-refractivity contribution < 1.29 is 24.2 Å². The molecule has 11 heteroatoms. The lowest BCUT2D eigenvalue weighted by Gasteiger charge is -2.36. The smallest absolute Gasteiger partial charge is 0.224 e. The van der Waals surface area contributed by atoms with E-state index in [-0.39, 0.29) is 30.6 Å². The van der Waals surface area contributed by atoms with Crippen LogP contribution in [0.25, 0.3) is 11.1 Å². The number of para-hydroxylation sites is 2. The van der Waals surface area contributed by atoms with Gasteiger partial charge >= 0.3 is 0 Å². The molecule has 0 spiro atoms. The first-order valence-corrected chi connectivity index (χ1v) is 19.4. The van der Waals surface area contributed by atoms with Crippen molar-refractivity contribution >= 4 is 35.0 Å². The summed E-state index contributed by atoms with van der Waals surface area (Å²) in [7, 11) is 0. The Balaban J connectivity index is 1.00. The second kappa shape index (κ2) is 19.8. The minimum Gasteiger partial charge on any atom is -0.397 e. The maximum Gasteiger partial charge on any atom is 0.224 e. The van der Waals surface area contributed by atoms with Gasteiger partial charge in [0.25, 0.3) is 0 Å². The Hall–Kier alpha value is -5.07. The molecule has 0 radical (unpaired) electrons. The molecule has 1 aromatic heterocycles. The van der Waals surface area contributed by atoms with Gasteiger partial charge in [0.05, 0.1) is 30.2 Å². The third kappa shape index (κ3) is 11.5. The number of amides is 2. The van der Waals surface area contributed by atoms with Gasteiger partial charge in [0, 0.05) is 49.5 Å². The first kappa shape index (κ1) is 38.6. The average molecular weight is 746 g/mol. The number of hydrogen-bond donors (Lipinski definition) is 4. The zero-order valence-corrected chi connectivity index (χ0v) is 31.0.